The lowest BCUT2D eigenvalue weighted by atomic mass is 10.1. The topological polar surface area (TPSA) is 66.9 Å². The highest BCUT2D eigenvalue weighted by Crippen LogP contribution is 2.10. The first-order chi connectivity index (χ1) is 10.9. The number of benzene rings is 1. The fraction of sp³-hybridized carbons (Fsp3) is 0.389. The number of anilines is 1. The summed E-state index contributed by atoms with van der Waals surface area (Å²) in [6, 6.07) is 11.5. The molecule has 5 heteroatoms. The van der Waals surface area contributed by atoms with Gasteiger partial charge in [-0.3, -0.25) is 4.79 Å². The summed E-state index contributed by atoms with van der Waals surface area (Å²) < 4.78 is 0. The molecule has 0 aliphatic rings. The van der Waals surface area contributed by atoms with Crippen LogP contribution in [0.25, 0.3) is 0 Å². The molecule has 1 aromatic carbocycles. The Morgan fingerprint density at radius 2 is 1.70 bits per heavy atom. The Bertz CT molecular complexity index is 635. The van der Waals surface area contributed by atoms with E-state index in [1.54, 1.807) is 0 Å². The quantitative estimate of drug-likeness (QED) is 0.860. The number of hydrogen-bond acceptors (Lipinski definition) is 4. The van der Waals surface area contributed by atoms with Crippen LogP contribution in [0.5, 0.6) is 0 Å². The summed E-state index contributed by atoms with van der Waals surface area (Å²) in [7, 11) is 0. The smallest absolute Gasteiger partial charge is 0.243 e. The molecule has 2 aromatic rings. The van der Waals surface area contributed by atoms with E-state index in [2.05, 4.69) is 20.6 Å². The molecule has 1 heterocycles. The summed E-state index contributed by atoms with van der Waals surface area (Å²) in [6.45, 7) is 7.73. The Balaban J connectivity index is 2.20. The molecular formula is C18H24N4O. The second-order valence-corrected chi connectivity index (χ2v) is 6.02. The van der Waals surface area contributed by atoms with Crippen molar-refractivity contribution in [2.24, 2.45) is 0 Å². The number of carbonyl (C=O) groups is 1. The van der Waals surface area contributed by atoms with Gasteiger partial charge in [-0.15, -0.1) is 0 Å². The highest BCUT2D eigenvalue weighted by molar-refractivity contribution is 5.84. The Labute approximate surface area is 137 Å². The molecule has 5 nitrogen and oxygen atoms in total. The van der Waals surface area contributed by atoms with Gasteiger partial charge in [-0.05, 0) is 39.3 Å². The van der Waals surface area contributed by atoms with Gasteiger partial charge in [-0.1, -0.05) is 30.3 Å². The van der Waals surface area contributed by atoms with Crippen LogP contribution in [0, 0.1) is 13.8 Å². The zero-order valence-electron chi connectivity index (χ0n) is 14.1. The van der Waals surface area contributed by atoms with E-state index in [0.717, 1.165) is 17.0 Å². The van der Waals surface area contributed by atoms with Gasteiger partial charge in [0.25, 0.3) is 0 Å². The third-order valence-corrected chi connectivity index (χ3v) is 3.32. The summed E-state index contributed by atoms with van der Waals surface area (Å²) in [5.41, 5.74) is 2.85. The van der Waals surface area contributed by atoms with E-state index in [-0.39, 0.29) is 11.9 Å². The van der Waals surface area contributed by atoms with E-state index in [9.17, 15) is 4.79 Å². The molecule has 0 aliphatic carbocycles. The summed E-state index contributed by atoms with van der Waals surface area (Å²) in [5, 5.41) is 6.14. The van der Waals surface area contributed by atoms with Crippen LogP contribution < -0.4 is 10.6 Å². The van der Waals surface area contributed by atoms with Gasteiger partial charge in [0.2, 0.25) is 11.9 Å². The molecule has 1 amide bonds. The van der Waals surface area contributed by atoms with Crippen molar-refractivity contribution in [1.82, 2.24) is 15.3 Å². The van der Waals surface area contributed by atoms with Crippen LogP contribution in [-0.2, 0) is 11.2 Å². The second-order valence-electron chi connectivity index (χ2n) is 6.02. The number of amides is 1. The monoisotopic (exact) mass is 312 g/mol. The van der Waals surface area contributed by atoms with Crippen LogP contribution in [0.15, 0.2) is 36.4 Å². The number of aromatic nitrogens is 2. The molecule has 23 heavy (non-hydrogen) atoms. The Kier molecular flexibility index (Phi) is 5.68. The molecule has 0 aliphatic heterocycles. The number of rotatable bonds is 6. The molecule has 0 bridgehead atoms. The van der Waals surface area contributed by atoms with E-state index in [1.165, 1.54) is 0 Å². The standard InChI is InChI=1S/C18H24N4O/c1-12(2)19-17(23)16(11-15-8-6-5-7-9-15)22-18-20-13(3)10-14(4)21-18/h5-10,12,16H,11H2,1-4H3,(H,19,23)(H,20,21,22)/t16-/m1/s1. The van der Waals surface area contributed by atoms with Crippen molar-refractivity contribution in [3.63, 3.8) is 0 Å². The third kappa shape index (κ3) is 5.36. The van der Waals surface area contributed by atoms with Crippen molar-refractivity contribution < 1.29 is 4.79 Å². The lowest BCUT2D eigenvalue weighted by Gasteiger charge is -2.20. The molecule has 2 rings (SSSR count). The van der Waals surface area contributed by atoms with Crippen LogP contribution in [0.2, 0.25) is 0 Å². The van der Waals surface area contributed by atoms with Gasteiger partial charge in [0.05, 0.1) is 0 Å². The zero-order chi connectivity index (χ0) is 16.8. The van der Waals surface area contributed by atoms with E-state index in [0.29, 0.717) is 12.4 Å². The number of carbonyl (C=O) groups excluding carboxylic acids is 1. The summed E-state index contributed by atoms with van der Waals surface area (Å²) in [5.74, 6) is 0.439. The van der Waals surface area contributed by atoms with E-state index in [4.69, 9.17) is 0 Å². The van der Waals surface area contributed by atoms with Crippen molar-refractivity contribution >= 4 is 11.9 Å². The predicted molar refractivity (Wildman–Crippen MR) is 92.3 cm³/mol. The average molecular weight is 312 g/mol. The van der Waals surface area contributed by atoms with Gasteiger partial charge in [0.1, 0.15) is 6.04 Å². The minimum atomic E-state index is -0.416. The van der Waals surface area contributed by atoms with E-state index < -0.39 is 6.04 Å². The minimum Gasteiger partial charge on any atom is -0.352 e. The normalized spacial score (nSPS) is 12.0. The fourth-order valence-electron chi connectivity index (χ4n) is 2.39. The van der Waals surface area contributed by atoms with Crippen molar-refractivity contribution in [1.29, 1.82) is 0 Å². The maximum Gasteiger partial charge on any atom is 0.243 e. The van der Waals surface area contributed by atoms with Crippen LogP contribution in [0.4, 0.5) is 5.95 Å². The first kappa shape index (κ1) is 16.9. The molecule has 0 saturated heterocycles. The van der Waals surface area contributed by atoms with Gasteiger partial charge in [0.15, 0.2) is 0 Å². The van der Waals surface area contributed by atoms with Gasteiger partial charge in [-0.2, -0.15) is 0 Å². The molecular weight excluding hydrogens is 288 g/mol. The van der Waals surface area contributed by atoms with Crippen LogP contribution >= 0.6 is 0 Å². The Hall–Kier alpha value is -2.43. The lowest BCUT2D eigenvalue weighted by molar-refractivity contribution is -0.122. The third-order valence-electron chi connectivity index (χ3n) is 3.32. The van der Waals surface area contributed by atoms with Crippen molar-refractivity contribution in [2.45, 2.75) is 46.2 Å². The van der Waals surface area contributed by atoms with Gasteiger partial charge in [-0.25, -0.2) is 9.97 Å². The highest BCUT2D eigenvalue weighted by atomic mass is 16.2. The molecule has 0 fully saturated rings. The maximum atomic E-state index is 12.5. The second kappa shape index (κ2) is 7.72. The van der Waals surface area contributed by atoms with Crippen LogP contribution in [0.3, 0.4) is 0 Å². The number of hydrogen-bond donors (Lipinski definition) is 2. The predicted octanol–water partition coefficient (Wildman–Crippen LogP) is 2.64. The van der Waals surface area contributed by atoms with Gasteiger partial charge >= 0.3 is 0 Å². The van der Waals surface area contributed by atoms with Crippen LogP contribution in [-0.4, -0.2) is 28.0 Å². The molecule has 0 radical (unpaired) electrons. The van der Waals surface area contributed by atoms with Crippen molar-refractivity contribution in [3.8, 4) is 0 Å². The zero-order valence-corrected chi connectivity index (χ0v) is 14.1. The van der Waals surface area contributed by atoms with Crippen molar-refractivity contribution in [2.75, 3.05) is 5.32 Å². The number of aryl methyl sites for hydroxylation is 2. The fourth-order valence-corrected chi connectivity index (χ4v) is 2.39. The van der Waals surface area contributed by atoms with Crippen molar-refractivity contribution in [3.05, 3.63) is 53.3 Å². The van der Waals surface area contributed by atoms with Crippen LogP contribution in [0.1, 0.15) is 30.8 Å². The summed E-state index contributed by atoms with van der Waals surface area (Å²) in [6.07, 6.45) is 0.579. The minimum absolute atomic E-state index is 0.0494. The molecule has 122 valence electrons. The van der Waals surface area contributed by atoms with Gasteiger partial charge in [0, 0.05) is 23.9 Å². The number of nitrogens with zero attached hydrogens (tertiary/aromatic N) is 2. The SMILES string of the molecule is Cc1cc(C)nc(N[C@H](Cc2ccccc2)C(=O)NC(C)C)n1. The van der Waals surface area contributed by atoms with Gasteiger partial charge < -0.3 is 10.6 Å². The molecule has 1 atom stereocenters. The molecule has 2 N–H and O–H groups in total. The first-order valence-corrected chi connectivity index (χ1v) is 7.87. The highest BCUT2D eigenvalue weighted by Gasteiger charge is 2.20. The Morgan fingerprint density at radius 1 is 1.09 bits per heavy atom. The Morgan fingerprint density at radius 3 is 2.26 bits per heavy atom. The maximum absolute atomic E-state index is 12.5. The first-order valence-electron chi connectivity index (χ1n) is 7.87. The van der Waals surface area contributed by atoms with E-state index >= 15 is 0 Å². The lowest BCUT2D eigenvalue weighted by Crippen LogP contribution is -2.44. The molecule has 1 aromatic heterocycles. The van der Waals surface area contributed by atoms with E-state index in [1.807, 2.05) is 64.1 Å². The molecule has 0 saturated carbocycles. The molecule has 0 spiro atoms. The number of nitrogens with one attached hydrogen (secondary N) is 2. The average Bonchev–Trinajstić information content (AvgIpc) is 2.46. The summed E-state index contributed by atoms with van der Waals surface area (Å²) in [4.78, 5) is 21.3. The largest absolute Gasteiger partial charge is 0.352 e. The summed E-state index contributed by atoms with van der Waals surface area (Å²) >= 11 is 0. The molecule has 0 unspecified atom stereocenters.